The number of benzene rings is 2. The van der Waals surface area contributed by atoms with E-state index in [0.717, 1.165) is 16.8 Å². The first-order valence-corrected chi connectivity index (χ1v) is 9.39. The third-order valence-electron chi connectivity index (χ3n) is 4.12. The molecule has 1 amide bonds. The van der Waals surface area contributed by atoms with Gasteiger partial charge in [0, 0.05) is 17.3 Å². The van der Waals surface area contributed by atoms with Gasteiger partial charge in [-0.3, -0.25) is 9.59 Å². The molecule has 6 nitrogen and oxygen atoms in total. The van der Waals surface area contributed by atoms with Crippen LogP contribution in [0.4, 0.5) is 4.79 Å². The van der Waals surface area contributed by atoms with Crippen LogP contribution in [0.5, 0.6) is 5.75 Å². The maximum atomic E-state index is 11.6. The van der Waals surface area contributed by atoms with Crippen molar-refractivity contribution in [2.24, 2.45) is 0 Å². The summed E-state index contributed by atoms with van der Waals surface area (Å²) in [5.41, 5.74) is 2.74. The molecule has 1 aliphatic rings. The minimum Gasteiger partial charge on any atom is -0.487 e. The molecule has 3 aromatic rings. The molecule has 1 saturated heterocycles. The molecule has 4 rings (SSSR count). The molecule has 28 heavy (non-hydrogen) atoms. The lowest BCUT2D eigenvalue weighted by atomic mass is 10.2. The number of carbonyl (C=O) groups is 2. The number of amides is 1. The molecule has 1 fully saturated rings. The summed E-state index contributed by atoms with van der Waals surface area (Å²) < 4.78 is 11.5. The van der Waals surface area contributed by atoms with E-state index in [2.05, 4.69) is 10.3 Å². The van der Waals surface area contributed by atoms with E-state index in [9.17, 15) is 9.59 Å². The van der Waals surface area contributed by atoms with Crippen molar-refractivity contribution in [1.29, 1.82) is 0 Å². The van der Waals surface area contributed by atoms with E-state index < -0.39 is 0 Å². The van der Waals surface area contributed by atoms with Crippen molar-refractivity contribution in [3.05, 3.63) is 77.3 Å². The van der Waals surface area contributed by atoms with Gasteiger partial charge < -0.3 is 14.5 Å². The van der Waals surface area contributed by atoms with Crippen LogP contribution < -0.4 is 10.1 Å². The second-order valence-corrected chi connectivity index (χ2v) is 7.05. The SMILES string of the molecule is Cc1oc(-c2ccccc2)nc1COc1ccc(C=C2NC(=O)SC2=O)cc1. The van der Waals surface area contributed by atoms with Gasteiger partial charge in [-0.15, -0.1) is 0 Å². The van der Waals surface area contributed by atoms with Gasteiger partial charge in [-0.1, -0.05) is 30.3 Å². The number of aryl methyl sites for hydroxylation is 1. The number of thioether (sulfide) groups is 1. The molecule has 0 saturated carbocycles. The van der Waals surface area contributed by atoms with Crippen LogP contribution in [0, 0.1) is 6.92 Å². The first-order chi connectivity index (χ1) is 13.6. The molecular formula is C21H16N2O4S. The lowest BCUT2D eigenvalue weighted by Gasteiger charge is -2.05. The summed E-state index contributed by atoms with van der Waals surface area (Å²) >= 11 is 0.661. The predicted octanol–water partition coefficient (Wildman–Crippen LogP) is 4.55. The third-order valence-corrected chi connectivity index (χ3v) is 4.81. The van der Waals surface area contributed by atoms with E-state index in [1.165, 1.54) is 0 Å². The van der Waals surface area contributed by atoms with Crippen LogP contribution in [0.1, 0.15) is 17.0 Å². The van der Waals surface area contributed by atoms with Crippen molar-refractivity contribution in [2.45, 2.75) is 13.5 Å². The van der Waals surface area contributed by atoms with Crippen LogP contribution >= 0.6 is 11.8 Å². The molecule has 2 heterocycles. The highest BCUT2D eigenvalue weighted by molar-refractivity contribution is 8.27. The number of nitrogens with zero attached hydrogens (tertiary/aromatic N) is 1. The zero-order chi connectivity index (χ0) is 19.5. The van der Waals surface area contributed by atoms with E-state index in [-0.39, 0.29) is 22.7 Å². The first-order valence-electron chi connectivity index (χ1n) is 8.58. The lowest BCUT2D eigenvalue weighted by Crippen LogP contribution is -2.10. The summed E-state index contributed by atoms with van der Waals surface area (Å²) in [6, 6.07) is 16.9. The Balaban J connectivity index is 1.42. The molecule has 0 aliphatic carbocycles. The number of oxazole rings is 1. The van der Waals surface area contributed by atoms with Gasteiger partial charge in [-0.2, -0.15) is 0 Å². The maximum absolute atomic E-state index is 11.6. The molecule has 0 unspecified atom stereocenters. The topological polar surface area (TPSA) is 81.4 Å². The van der Waals surface area contributed by atoms with Gasteiger partial charge in [0.25, 0.3) is 5.24 Å². The summed E-state index contributed by atoms with van der Waals surface area (Å²) in [5, 5.41) is 1.89. The van der Waals surface area contributed by atoms with Gasteiger partial charge in [-0.25, -0.2) is 4.98 Å². The van der Waals surface area contributed by atoms with E-state index in [0.29, 0.717) is 29.2 Å². The smallest absolute Gasteiger partial charge is 0.291 e. The Labute approximate surface area is 165 Å². The maximum Gasteiger partial charge on any atom is 0.291 e. The van der Waals surface area contributed by atoms with Crippen LogP contribution in [-0.4, -0.2) is 15.3 Å². The van der Waals surface area contributed by atoms with Crippen LogP contribution in [-0.2, 0) is 11.4 Å². The van der Waals surface area contributed by atoms with Gasteiger partial charge in [0.05, 0.1) is 5.70 Å². The average molecular weight is 392 g/mol. The summed E-state index contributed by atoms with van der Waals surface area (Å²) in [6.07, 6.45) is 1.64. The zero-order valence-electron chi connectivity index (χ0n) is 15.0. The van der Waals surface area contributed by atoms with Crippen molar-refractivity contribution in [3.8, 4) is 17.2 Å². The van der Waals surface area contributed by atoms with Gasteiger partial charge in [0.15, 0.2) is 0 Å². The number of rotatable bonds is 5. The monoisotopic (exact) mass is 392 g/mol. The molecule has 0 atom stereocenters. The minimum absolute atomic E-state index is 0.277. The third kappa shape index (κ3) is 3.99. The number of hydrogen-bond acceptors (Lipinski definition) is 6. The van der Waals surface area contributed by atoms with Gasteiger partial charge in [0.2, 0.25) is 11.0 Å². The molecule has 1 aromatic heterocycles. The molecule has 7 heteroatoms. The fourth-order valence-electron chi connectivity index (χ4n) is 2.67. The summed E-state index contributed by atoms with van der Waals surface area (Å²) in [4.78, 5) is 27.3. The quantitative estimate of drug-likeness (QED) is 0.642. The van der Waals surface area contributed by atoms with Crippen molar-refractivity contribution in [1.82, 2.24) is 10.3 Å². The highest BCUT2D eigenvalue weighted by atomic mass is 32.2. The summed E-state index contributed by atoms with van der Waals surface area (Å²) in [7, 11) is 0. The molecule has 0 bridgehead atoms. The number of ether oxygens (including phenoxy) is 1. The van der Waals surface area contributed by atoms with Crippen LogP contribution in [0.15, 0.2) is 64.7 Å². The van der Waals surface area contributed by atoms with Gasteiger partial charge >= 0.3 is 0 Å². The Kier molecular flexibility index (Phi) is 4.99. The Morgan fingerprint density at radius 3 is 2.54 bits per heavy atom. The molecule has 140 valence electrons. The molecule has 0 radical (unpaired) electrons. The minimum atomic E-state index is -0.353. The summed E-state index contributed by atoms with van der Waals surface area (Å²) in [6.45, 7) is 2.14. The van der Waals surface area contributed by atoms with Crippen LogP contribution in [0.2, 0.25) is 0 Å². The van der Waals surface area contributed by atoms with Gasteiger partial charge in [-0.05, 0) is 42.8 Å². The van der Waals surface area contributed by atoms with Gasteiger partial charge in [0.1, 0.15) is 23.8 Å². The fourth-order valence-corrected chi connectivity index (χ4v) is 3.21. The van der Waals surface area contributed by atoms with E-state index in [4.69, 9.17) is 9.15 Å². The average Bonchev–Trinajstić information content (AvgIpc) is 3.23. The normalized spacial score (nSPS) is 15.1. The Bertz CT molecular complexity index is 1060. The zero-order valence-corrected chi connectivity index (χ0v) is 15.8. The molecule has 0 spiro atoms. The fraction of sp³-hybridized carbons (Fsp3) is 0.0952. The highest BCUT2D eigenvalue weighted by Gasteiger charge is 2.25. The largest absolute Gasteiger partial charge is 0.487 e. The van der Waals surface area contributed by atoms with Crippen molar-refractivity contribution in [3.63, 3.8) is 0 Å². The lowest BCUT2D eigenvalue weighted by molar-refractivity contribution is -0.107. The first kappa shape index (κ1) is 18.1. The Morgan fingerprint density at radius 1 is 1.11 bits per heavy atom. The number of hydrogen-bond donors (Lipinski definition) is 1. The molecular weight excluding hydrogens is 376 g/mol. The second kappa shape index (κ2) is 7.74. The molecule has 1 aliphatic heterocycles. The van der Waals surface area contributed by atoms with E-state index >= 15 is 0 Å². The predicted molar refractivity (Wildman–Crippen MR) is 107 cm³/mol. The van der Waals surface area contributed by atoms with E-state index in [1.54, 1.807) is 18.2 Å². The summed E-state index contributed by atoms with van der Waals surface area (Å²) in [5.74, 6) is 1.95. The Morgan fingerprint density at radius 2 is 1.86 bits per heavy atom. The van der Waals surface area contributed by atoms with Crippen molar-refractivity contribution in [2.75, 3.05) is 0 Å². The standard InChI is InChI=1S/C21H16N2O4S/c1-13-18(22-19(27-13)15-5-3-2-4-6-15)12-26-16-9-7-14(8-10-16)11-17-20(24)28-21(25)23-17/h2-11H,12H2,1H3,(H,23,25). The van der Waals surface area contributed by atoms with Crippen molar-refractivity contribution >= 4 is 28.2 Å². The highest BCUT2D eigenvalue weighted by Crippen LogP contribution is 2.24. The van der Waals surface area contributed by atoms with Crippen molar-refractivity contribution < 1.29 is 18.7 Å². The Hall–Kier alpha value is -3.32. The van der Waals surface area contributed by atoms with E-state index in [1.807, 2.05) is 49.4 Å². The molecule has 2 aromatic carbocycles. The number of carbonyl (C=O) groups excluding carboxylic acids is 2. The number of aromatic nitrogens is 1. The molecule has 1 N–H and O–H groups in total. The second-order valence-electron chi connectivity index (χ2n) is 6.11. The van der Waals surface area contributed by atoms with Crippen LogP contribution in [0.25, 0.3) is 17.5 Å². The van der Waals surface area contributed by atoms with Crippen LogP contribution in [0.3, 0.4) is 0 Å². The number of nitrogens with one attached hydrogen (secondary N) is 1.